The smallest absolute Gasteiger partial charge is 0.222 e. The fourth-order valence-corrected chi connectivity index (χ4v) is 2.50. The molecule has 2 rings (SSSR count). The molecule has 5 heteroatoms. The Kier molecular flexibility index (Phi) is 5.69. The number of imidazole rings is 1. The van der Waals surface area contributed by atoms with Gasteiger partial charge in [-0.2, -0.15) is 0 Å². The van der Waals surface area contributed by atoms with Crippen molar-refractivity contribution < 1.29 is 9.18 Å². The molecule has 22 heavy (non-hydrogen) atoms. The molecule has 0 aliphatic carbocycles. The number of nitrogens with one attached hydrogen (secondary N) is 1. The molecule has 0 bridgehead atoms. The maximum atomic E-state index is 13.4. The fraction of sp³-hybridized carbons (Fsp3) is 0.412. The predicted molar refractivity (Wildman–Crippen MR) is 84.0 cm³/mol. The van der Waals surface area contributed by atoms with Crippen LogP contribution in [-0.2, 0) is 11.2 Å². The molecule has 1 amide bonds. The van der Waals surface area contributed by atoms with E-state index in [0.29, 0.717) is 24.9 Å². The molecule has 0 radical (unpaired) electrons. The molecule has 0 aliphatic heterocycles. The lowest BCUT2D eigenvalue weighted by atomic mass is 10.1. The van der Waals surface area contributed by atoms with Crippen molar-refractivity contribution in [3.63, 3.8) is 0 Å². The van der Waals surface area contributed by atoms with Crippen LogP contribution >= 0.6 is 0 Å². The van der Waals surface area contributed by atoms with E-state index in [1.165, 1.54) is 6.07 Å². The van der Waals surface area contributed by atoms with E-state index in [-0.39, 0.29) is 17.8 Å². The molecule has 4 nitrogen and oxygen atoms in total. The lowest BCUT2D eigenvalue weighted by Crippen LogP contribution is -2.27. The molecule has 1 atom stereocenters. The highest BCUT2D eigenvalue weighted by Gasteiger charge is 2.11. The molecule has 0 aliphatic rings. The van der Waals surface area contributed by atoms with Gasteiger partial charge >= 0.3 is 0 Å². The quantitative estimate of drug-likeness (QED) is 0.799. The van der Waals surface area contributed by atoms with Gasteiger partial charge in [-0.3, -0.25) is 4.79 Å². The molecule has 0 saturated carbocycles. The van der Waals surface area contributed by atoms with Gasteiger partial charge in [-0.25, -0.2) is 9.37 Å². The zero-order valence-electron chi connectivity index (χ0n) is 13.1. The minimum absolute atomic E-state index is 0.00846. The number of hydrogen-bond acceptors (Lipinski definition) is 2. The number of nitrogens with zero attached hydrogens (tertiary/aromatic N) is 2. The first-order valence-electron chi connectivity index (χ1n) is 7.57. The lowest BCUT2D eigenvalue weighted by molar-refractivity contribution is -0.121. The number of halogens is 1. The summed E-state index contributed by atoms with van der Waals surface area (Å²) in [5, 5.41) is 2.89. The largest absolute Gasteiger partial charge is 0.356 e. The van der Waals surface area contributed by atoms with E-state index in [1.807, 2.05) is 30.7 Å². The van der Waals surface area contributed by atoms with Crippen molar-refractivity contribution in [2.24, 2.45) is 0 Å². The molecule has 0 unspecified atom stereocenters. The summed E-state index contributed by atoms with van der Waals surface area (Å²) in [6, 6.07) is 6.82. The summed E-state index contributed by atoms with van der Waals surface area (Å²) in [6.07, 6.45) is 5.38. The Hall–Kier alpha value is -2.17. The second-order valence-electron chi connectivity index (χ2n) is 5.48. The topological polar surface area (TPSA) is 46.9 Å². The van der Waals surface area contributed by atoms with Gasteiger partial charge in [-0.1, -0.05) is 18.2 Å². The zero-order valence-corrected chi connectivity index (χ0v) is 13.1. The number of benzene rings is 1. The Morgan fingerprint density at radius 2 is 2.18 bits per heavy atom. The second-order valence-corrected chi connectivity index (χ2v) is 5.48. The van der Waals surface area contributed by atoms with E-state index < -0.39 is 0 Å². The highest BCUT2D eigenvalue weighted by atomic mass is 19.1. The molecular weight excluding hydrogens is 281 g/mol. The summed E-state index contributed by atoms with van der Waals surface area (Å²) >= 11 is 0. The number of aryl methyl sites for hydroxylation is 2. The maximum absolute atomic E-state index is 13.4. The average Bonchev–Trinajstić information content (AvgIpc) is 2.91. The molecule has 0 fully saturated rings. The Labute approximate surface area is 130 Å². The van der Waals surface area contributed by atoms with Crippen LogP contribution in [0.4, 0.5) is 4.39 Å². The van der Waals surface area contributed by atoms with Gasteiger partial charge in [0, 0.05) is 31.4 Å². The van der Waals surface area contributed by atoms with Crippen LogP contribution in [0.5, 0.6) is 0 Å². The third-order valence-corrected chi connectivity index (χ3v) is 3.72. The number of aromatic nitrogens is 2. The Morgan fingerprint density at radius 1 is 1.41 bits per heavy atom. The van der Waals surface area contributed by atoms with E-state index in [0.717, 1.165) is 12.2 Å². The van der Waals surface area contributed by atoms with Crippen molar-refractivity contribution in [2.75, 3.05) is 6.54 Å². The van der Waals surface area contributed by atoms with Gasteiger partial charge in [-0.05, 0) is 38.3 Å². The summed E-state index contributed by atoms with van der Waals surface area (Å²) in [5.41, 5.74) is 0.694. The van der Waals surface area contributed by atoms with Gasteiger partial charge in [0.15, 0.2) is 0 Å². The molecular formula is C17H22FN3O. The Morgan fingerprint density at radius 3 is 2.86 bits per heavy atom. The highest BCUT2D eigenvalue weighted by Crippen LogP contribution is 2.12. The van der Waals surface area contributed by atoms with Crippen LogP contribution in [0.2, 0.25) is 0 Å². The van der Waals surface area contributed by atoms with Crippen LogP contribution in [0, 0.1) is 12.7 Å². The van der Waals surface area contributed by atoms with E-state index in [4.69, 9.17) is 0 Å². The van der Waals surface area contributed by atoms with Crippen LogP contribution in [0.25, 0.3) is 0 Å². The van der Waals surface area contributed by atoms with E-state index >= 15 is 0 Å². The van der Waals surface area contributed by atoms with Crippen LogP contribution in [-0.4, -0.2) is 22.0 Å². The first-order valence-corrected chi connectivity index (χ1v) is 7.57. The first kappa shape index (κ1) is 16.2. The third-order valence-electron chi connectivity index (χ3n) is 3.72. The number of amides is 1. The maximum Gasteiger partial charge on any atom is 0.222 e. The SMILES string of the molecule is Cc1nccn1[C@H](C)CC(=O)NCCCc1ccccc1F. The lowest BCUT2D eigenvalue weighted by Gasteiger charge is -2.14. The number of hydrogen-bond donors (Lipinski definition) is 1. The molecule has 0 spiro atoms. The number of carbonyl (C=O) groups is 1. The molecule has 1 N–H and O–H groups in total. The van der Waals surface area contributed by atoms with Crippen molar-refractivity contribution in [2.45, 2.75) is 39.2 Å². The monoisotopic (exact) mass is 303 g/mol. The van der Waals surface area contributed by atoms with Gasteiger partial charge in [0.1, 0.15) is 11.6 Å². The van der Waals surface area contributed by atoms with E-state index in [2.05, 4.69) is 10.3 Å². The van der Waals surface area contributed by atoms with E-state index in [9.17, 15) is 9.18 Å². The zero-order chi connectivity index (χ0) is 15.9. The second kappa shape index (κ2) is 7.73. The Bertz CT molecular complexity index is 624. The van der Waals surface area contributed by atoms with Crippen molar-refractivity contribution >= 4 is 5.91 Å². The van der Waals surface area contributed by atoms with Crippen molar-refractivity contribution in [3.8, 4) is 0 Å². The highest BCUT2D eigenvalue weighted by molar-refractivity contribution is 5.76. The molecule has 1 aromatic carbocycles. The normalized spacial score (nSPS) is 12.1. The Balaban J connectivity index is 1.70. The van der Waals surface area contributed by atoms with Gasteiger partial charge in [0.2, 0.25) is 5.91 Å². The summed E-state index contributed by atoms with van der Waals surface area (Å²) in [6.45, 7) is 4.47. The summed E-state index contributed by atoms with van der Waals surface area (Å²) in [5.74, 6) is 0.729. The molecule has 0 saturated heterocycles. The van der Waals surface area contributed by atoms with Crippen LogP contribution < -0.4 is 5.32 Å². The summed E-state index contributed by atoms with van der Waals surface area (Å²) < 4.78 is 15.4. The minimum atomic E-state index is -0.182. The minimum Gasteiger partial charge on any atom is -0.356 e. The number of carbonyl (C=O) groups excluding carboxylic acids is 1. The van der Waals surface area contributed by atoms with Gasteiger partial charge < -0.3 is 9.88 Å². The van der Waals surface area contributed by atoms with E-state index in [1.54, 1.807) is 18.3 Å². The number of rotatable bonds is 7. The molecule has 1 aromatic heterocycles. The first-order chi connectivity index (χ1) is 10.6. The molecule has 2 aromatic rings. The molecule has 118 valence electrons. The standard InChI is InChI=1S/C17H22FN3O/c1-13(21-11-10-19-14(21)2)12-17(22)20-9-5-7-15-6-3-4-8-16(15)18/h3-4,6,8,10-11,13H,5,7,9,12H2,1-2H3,(H,20,22)/t13-/m1/s1. The average molecular weight is 303 g/mol. The van der Waals surface area contributed by atoms with Gasteiger partial charge in [0.05, 0.1) is 0 Å². The van der Waals surface area contributed by atoms with Crippen molar-refractivity contribution in [1.82, 2.24) is 14.9 Å². The van der Waals surface area contributed by atoms with Gasteiger partial charge in [0.25, 0.3) is 0 Å². The summed E-state index contributed by atoms with van der Waals surface area (Å²) in [7, 11) is 0. The third kappa shape index (κ3) is 4.41. The van der Waals surface area contributed by atoms with Crippen molar-refractivity contribution in [1.29, 1.82) is 0 Å². The van der Waals surface area contributed by atoms with Crippen molar-refractivity contribution in [3.05, 3.63) is 53.9 Å². The summed E-state index contributed by atoms with van der Waals surface area (Å²) in [4.78, 5) is 16.1. The molecule has 1 heterocycles. The predicted octanol–water partition coefficient (Wildman–Crippen LogP) is 3.03. The van der Waals surface area contributed by atoms with Crippen LogP contribution in [0.3, 0.4) is 0 Å². The fourth-order valence-electron chi connectivity index (χ4n) is 2.50. The van der Waals surface area contributed by atoms with Crippen LogP contribution in [0.1, 0.15) is 37.2 Å². The van der Waals surface area contributed by atoms with Gasteiger partial charge in [-0.15, -0.1) is 0 Å². The van der Waals surface area contributed by atoms with Crippen LogP contribution in [0.15, 0.2) is 36.7 Å².